The number of benzene rings is 2. The number of allylic oxidation sites excluding steroid dienone is 1. The van der Waals surface area contributed by atoms with Crippen LogP contribution in [0.3, 0.4) is 0 Å². The smallest absolute Gasteiger partial charge is 0.151 e. The summed E-state index contributed by atoms with van der Waals surface area (Å²) in [6.45, 7) is 2.76. The Morgan fingerprint density at radius 3 is 2.83 bits per heavy atom. The molecule has 0 spiro atoms. The molecule has 0 N–H and O–H groups in total. The summed E-state index contributed by atoms with van der Waals surface area (Å²) in [6, 6.07) is 17.9. The molecule has 2 aromatic carbocycles. The van der Waals surface area contributed by atoms with Gasteiger partial charge in [-0.15, -0.1) is 0 Å². The number of imidazole rings is 1. The SMILES string of the molecule is CCCOc1cccc(/C=C(/C#N)c2nc3ccccc3n2C)c1. The Morgan fingerprint density at radius 2 is 2.08 bits per heavy atom. The zero-order valence-electron chi connectivity index (χ0n) is 13.9. The summed E-state index contributed by atoms with van der Waals surface area (Å²) in [7, 11) is 1.93. The van der Waals surface area contributed by atoms with E-state index in [2.05, 4.69) is 18.0 Å². The molecule has 0 radical (unpaired) electrons. The van der Waals surface area contributed by atoms with Gasteiger partial charge in [0.05, 0.1) is 23.2 Å². The zero-order chi connectivity index (χ0) is 16.9. The van der Waals surface area contributed by atoms with Crippen LogP contribution in [0, 0.1) is 11.3 Å². The van der Waals surface area contributed by atoms with E-state index in [-0.39, 0.29) is 0 Å². The molecule has 0 atom stereocenters. The van der Waals surface area contributed by atoms with Gasteiger partial charge in [0, 0.05) is 7.05 Å². The number of fused-ring (bicyclic) bond motifs is 1. The van der Waals surface area contributed by atoms with E-state index < -0.39 is 0 Å². The largest absolute Gasteiger partial charge is 0.494 e. The molecule has 3 aromatic rings. The summed E-state index contributed by atoms with van der Waals surface area (Å²) in [6.07, 6.45) is 2.81. The van der Waals surface area contributed by atoms with Crippen molar-refractivity contribution in [1.82, 2.24) is 9.55 Å². The van der Waals surface area contributed by atoms with Crippen LogP contribution in [-0.2, 0) is 7.05 Å². The van der Waals surface area contributed by atoms with E-state index in [0.717, 1.165) is 28.8 Å². The molecule has 0 saturated carbocycles. The molecule has 1 heterocycles. The maximum atomic E-state index is 9.60. The van der Waals surface area contributed by atoms with Crippen molar-refractivity contribution in [3.63, 3.8) is 0 Å². The topological polar surface area (TPSA) is 50.8 Å². The Morgan fingerprint density at radius 1 is 1.25 bits per heavy atom. The summed E-state index contributed by atoms with van der Waals surface area (Å²) < 4.78 is 7.60. The number of para-hydroxylation sites is 2. The van der Waals surface area contributed by atoms with Gasteiger partial charge >= 0.3 is 0 Å². The van der Waals surface area contributed by atoms with Crippen LogP contribution in [0.25, 0.3) is 22.7 Å². The van der Waals surface area contributed by atoms with Gasteiger partial charge in [-0.1, -0.05) is 31.2 Å². The molecule has 0 saturated heterocycles. The first-order chi connectivity index (χ1) is 11.7. The molecular formula is C20H19N3O. The van der Waals surface area contributed by atoms with Gasteiger partial charge in [-0.25, -0.2) is 4.98 Å². The summed E-state index contributed by atoms with van der Waals surface area (Å²) in [5, 5.41) is 9.60. The Kier molecular flexibility index (Phi) is 4.62. The fourth-order valence-electron chi connectivity index (χ4n) is 2.61. The van der Waals surface area contributed by atoms with Crippen molar-refractivity contribution in [2.75, 3.05) is 6.61 Å². The van der Waals surface area contributed by atoms with Crippen LogP contribution in [-0.4, -0.2) is 16.2 Å². The van der Waals surface area contributed by atoms with Crippen molar-refractivity contribution in [3.05, 3.63) is 59.9 Å². The van der Waals surface area contributed by atoms with E-state index in [1.54, 1.807) is 0 Å². The lowest BCUT2D eigenvalue weighted by Crippen LogP contribution is -1.96. The lowest BCUT2D eigenvalue weighted by molar-refractivity contribution is 0.317. The third kappa shape index (κ3) is 3.16. The minimum atomic E-state index is 0.529. The first-order valence-corrected chi connectivity index (χ1v) is 7.99. The number of hydrogen-bond donors (Lipinski definition) is 0. The predicted octanol–water partition coefficient (Wildman–Crippen LogP) is 4.43. The number of ether oxygens (including phenoxy) is 1. The molecule has 0 bridgehead atoms. The molecule has 1 aromatic heterocycles. The van der Waals surface area contributed by atoms with Crippen LogP contribution in [0.2, 0.25) is 0 Å². The predicted molar refractivity (Wildman–Crippen MR) is 96.4 cm³/mol. The highest BCUT2D eigenvalue weighted by atomic mass is 16.5. The van der Waals surface area contributed by atoms with Crippen molar-refractivity contribution < 1.29 is 4.74 Å². The maximum absolute atomic E-state index is 9.60. The molecule has 3 rings (SSSR count). The second kappa shape index (κ2) is 7.01. The molecule has 4 heteroatoms. The molecule has 24 heavy (non-hydrogen) atoms. The van der Waals surface area contributed by atoms with Crippen molar-refractivity contribution in [2.24, 2.45) is 7.05 Å². The molecule has 0 amide bonds. The highest BCUT2D eigenvalue weighted by Gasteiger charge is 2.11. The molecule has 4 nitrogen and oxygen atoms in total. The number of aromatic nitrogens is 2. The van der Waals surface area contributed by atoms with Gasteiger partial charge in [0.2, 0.25) is 0 Å². The summed E-state index contributed by atoms with van der Waals surface area (Å²) in [5.74, 6) is 1.48. The zero-order valence-corrected chi connectivity index (χ0v) is 13.9. The van der Waals surface area contributed by atoms with E-state index in [1.165, 1.54) is 0 Å². The fraction of sp³-hybridized carbons (Fsp3) is 0.200. The third-order valence-corrected chi connectivity index (χ3v) is 3.79. The van der Waals surface area contributed by atoms with Crippen molar-refractivity contribution in [3.8, 4) is 11.8 Å². The second-order valence-electron chi connectivity index (χ2n) is 5.57. The van der Waals surface area contributed by atoms with Gasteiger partial charge in [0.1, 0.15) is 11.8 Å². The van der Waals surface area contributed by atoms with Gasteiger partial charge in [0.25, 0.3) is 0 Å². The van der Waals surface area contributed by atoms with E-state index in [0.29, 0.717) is 18.0 Å². The molecule has 120 valence electrons. The molecule has 0 aliphatic carbocycles. The van der Waals surface area contributed by atoms with E-state index in [4.69, 9.17) is 4.74 Å². The van der Waals surface area contributed by atoms with Crippen LogP contribution >= 0.6 is 0 Å². The second-order valence-corrected chi connectivity index (χ2v) is 5.57. The molecule has 0 aliphatic heterocycles. The first kappa shape index (κ1) is 15.8. The van der Waals surface area contributed by atoms with Crippen molar-refractivity contribution in [1.29, 1.82) is 5.26 Å². The van der Waals surface area contributed by atoms with E-state index >= 15 is 0 Å². The summed E-state index contributed by atoms with van der Waals surface area (Å²) in [5.41, 5.74) is 3.35. The number of rotatable bonds is 5. The van der Waals surface area contributed by atoms with Gasteiger partial charge in [-0.3, -0.25) is 0 Å². The van der Waals surface area contributed by atoms with Crippen LogP contribution < -0.4 is 4.74 Å². The molecular weight excluding hydrogens is 298 g/mol. The monoisotopic (exact) mass is 317 g/mol. The first-order valence-electron chi connectivity index (χ1n) is 7.99. The number of nitrogens with zero attached hydrogens (tertiary/aromatic N) is 3. The summed E-state index contributed by atoms with van der Waals surface area (Å²) in [4.78, 5) is 4.59. The van der Waals surface area contributed by atoms with Crippen LogP contribution in [0.4, 0.5) is 0 Å². The molecule has 0 aliphatic rings. The third-order valence-electron chi connectivity index (χ3n) is 3.79. The quantitative estimate of drug-likeness (QED) is 0.654. The number of nitriles is 1. The highest BCUT2D eigenvalue weighted by molar-refractivity contribution is 5.90. The van der Waals surface area contributed by atoms with Gasteiger partial charge < -0.3 is 9.30 Å². The number of hydrogen-bond acceptors (Lipinski definition) is 3. The van der Waals surface area contributed by atoms with Gasteiger partial charge in [0.15, 0.2) is 5.82 Å². The average molecular weight is 317 g/mol. The van der Waals surface area contributed by atoms with E-state index in [9.17, 15) is 5.26 Å². The molecule has 0 fully saturated rings. The van der Waals surface area contributed by atoms with Gasteiger partial charge in [-0.05, 0) is 42.3 Å². The molecule has 0 unspecified atom stereocenters. The van der Waals surface area contributed by atoms with Crippen molar-refractivity contribution >= 4 is 22.7 Å². The maximum Gasteiger partial charge on any atom is 0.151 e. The van der Waals surface area contributed by atoms with Gasteiger partial charge in [-0.2, -0.15) is 5.26 Å². The average Bonchev–Trinajstić information content (AvgIpc) is 2.95. The van der Waals surface area contributed by atoms with Crippen molar-refractivity contribution in [2.45, 2.75) is 13.3 Å². The standard InChI is InChI=1S/C20H19N3O/c1-3-11-24-17-8-6-7-15(13-17)12-16(14-21)20-22-18-9-4-5-10-19(18)23(20)2/h4-10,12-13H,3,11H2,1-2H3/b16-12-. The van der Waals surface area contributed by atoms with E-state index in [1.807, 2.05) is 66.2 Å². The Bertz CT molecular complexity index is 931. The fourth-order valence-corrected chi connectivity index (χ4v) is 2.61. The lowest BCUT2D eigenvalue weighted by Gasteiger charge is -2.05. The van der Waals surface area contributed by atoms with Crippen LogP contribution in [0.15, 0.2) is 48.5 Å². The minimum Gasteiger partial charge on any atom is -0.494 e. The summed E-state index contributed by atoms with van der Waals surface area (Å²) >= 11 is 0. The Labute approximate surface area is 141 Å². The lowest BCUT2D eigenvalue weighted by atomic mass is 10.1. The van der Waals surface area contributed by atoms with Crippen LogP contribution in [0.5, 0.6) is 5.75 Å². The number of aryl methyl sites for hydroxylation is 1. The minimum absolute atomic E-state index is 0.529. The van der Waals surface area contributed by atoms with Crippen LogP contribution in [0.1, 0.15) is 24.7 Å². The normalized spacial score (nSPS) is 11.5. The Hall–Kier alpha value is -3.06. The Balaban J connectivity index is 2.00. The highest BCUT2D eigenvalue weighted by Crippen LogP contribution is 2.23.